The van der Waals surface area contributed by atoms with Gasteiger partial charge in [0, 0.05) is 51.8 Å². The number of hydrogen-bond donors (Lipinski definition) is 3. The number of hydrogen-bond acceptors (Lipinski definition) is 7. The first-order chi connectivity index (χ1) is 21.3. The molecule has 2 fully saturated rings. The summed E-state index contributed by atoms with van der Waals surface area (Å²) in [5.41, 5.74) is 5.24. The van der Waals surface area contributed by atoms with E-state index >= 15 is 0 Å². The normalized spacial score (nSPS) is 17.5. The van der Waals surface area contributed by atoms with Gasteiger partial charge >= 0.3 is 12.4 Å². The lowest BCUT2D eigenvalue weighted by Crippen LogP contribution is -2.44. The molecule has 0 bridgehead atoms. The number of nitrogens with one attached hydrogen (secondary N) is 2. The van der Waals surface area contributed by atoms with Gasteiger partial charge in [0.05, 0.1) is 5.56 Å². The Bertz CT molecular complexity index is 1290. The Balaban J connectivity index is 0.00000576. The molecule has 4 N–H and O–H groups in total. The van der Waals surface area contributed by atoms with Crippen LogP contribution >= 0.6 is 12.4 Å². The number of piperidine rings is 1. The molecule has 2 saturated heterocycles. The Morgan fingerprint density at radius 1 is 0.891 bits per heavy atom. The monoisotopic (exact) mass is 679 g/mol. The number of carbonyl (C=O) groups is 2. The van der Waals surface area contributed by atoms with Gasteiger partial charge in [0.15, 0.2) is 0 Å². The molecule has 1 aromatic carbocycles. The van der Waals surface area contributed by atoms with E-state index < -0.39 is 29.8 Å². The molecule has 0 aliphatic carbocycles. The largest absolute Gasteiger partial charge is 0.451 e. The summed E-state index contributed by atoms with van der Waals surface area (Å²) < 4.78 is 80.0. The number of anilines is 2. The van der Waals surface area contributed by atoms with Crippen molar-refractivity contribution < 1.29 is 35.9 Å². The number of aromatic nitrogens is 2. The van der Waals surface area contributed by atoms with Gasteiger partial charge in [-0.3, -0.25) is 9.59 Å². The van der Waals surface area contributed by atoms with Crippen LogP contribution in [0.15, 0.2) is 30.3 Å². The van der Waals surface area contributed by atoms with Crippen LogP contribution < -0.4 is 26.2 Å². The third kappa shape index (κ3) is 10.3. The molecule has 2 aliphatic heterocycles. The number of benzene rings is 1. The van der Waals surface area contributed by atoms with Gasteiger partial charge in [-0.15, -0.1) is 12.4 Å². The number of carbonyl (C=O) groups excluding carboxylic acids is 2. The van der Waals surface area contributed by atoms with Crippen LogP contribution in [0.3, 0.4) is 0 Å². The van der Waals surface area contributed by atoms with Gasteiger partial charge in [-0.2, -0.15) is 26.3 Å². The highest BCUT2D eigenvalue weighted by molar-refractivity contribution is 5.86. The van der Waals surface area contributed by atoms with Gasteiger partial charge < -0.3 is 26.2 Å². The van der Waals surface area contributed by atoms with Crippen molar-refractivity contribution >= 4 is 35.9 Å². The molecule has 2 amide bonds. The van der Waals surface area contributed by atoms with Gasteiger partial charge in [-0.05, 0) is 68.6 Å². The van der Waals surface area contributed by atoms with E-state index in [9.17, 15) is 35.9 Å². The second kappa shape index (κ2) is 16.5. The summed E-state index contributed by atoms with van der Waals surface area (Å²) >= 11 is 0. The summed E-state index contributed by atoms with van der Waals surface area (Å²) in [6, 6.07) is 5.43. The van der Waals surface area contributed by atoms with E-state index in [2.05, 4.69) is 20.6 Å². The van der Waals surface area contributed by atoms with Crippen LogP contribution in [-0.2, 0) is 28.4 Å². The minimum absolute atomic E-state index is 0. The first-order valence-electron chi connectivity index (χ1n) is 15.2. The molecule has 4 rings (SSSR count). The first-order valence-corrected chi connectivity index (χ1v) is 15.2. The van der Waals surface area contributed by atoms with Gasteiger partial charge in [0.25, 0.3) is 0 Å². The summed E-state index contributed by atoms with van der Waals surface area (Å²) in [6.07, 6.45) is -4.46. The maximum atomic E-state index is 13.9. The lowest BCUT2D eigenvalue weighted by molar-refractivity contribution is -0.144. The summed E-state index contributed by atoms with van der Waals surface area (Å²) in [6.45, 7) is 2.33. The molecular weight excluding hydrogens is 640 g/mol. The molecule has 16 heteroatoms. The highest BCUT2D eigenvalue weighted by Gasteiger charge is 2.39. The predicted octanol–water partition coefficient (Wildman–Crippen LogP) is 4.73. The Morgan fingerprint density at radius 3 is 2.20 bits per heavy atom. The van der Waals surface area contributed by atoms with Crippen molar-refractivity contribution in [2.75, 3.05) is 49.1 Å². The van der Waals surface area contributed by atoms with Crippen molar-refractivity contribution in [3.05, 3.63) is 47.3 Å². The molecular formula is C30H40ClF6N7O2. The lowest BCUT2D eigenvalue weighted by Gasteiger charge is -2.34. The van der Waals surface area contributed by atoms with E-state index in [1.807, 2.05) is 0 Å². The highest BCUT2D eigenvalue weighted by Crippen LogP contribution is 2.34. The maximum Gasteiger partial charge on any atom is 0.451 e. The molecule has 1 aromatic heterocycles. The predicted molar refractivity (Wildman–Crippen MR) is 164 cm³/mol. The van der Waals surface area contributed by atoms with E-state index in [0.717, 1.165) is 37.8 Å². The fraction of sp³-hybridized carbons (Fsp3) is 0.600. The average Bonchev–Trinajstić information content (AvgIpc) is 3.50. The van der Waals surface area contributed by atoms with Gasteiger partial charge in [-0.25, -0.2) is 9.97 Å². The molecule has 3 heterocycles. The summed E-state index contributed by atoms with van der Waals surface area (Å²) in [5, 5.41) is 5.51. The second-order valence-corrected chi connectivity index (χ2v) is 11.5. The Morgan fingerprint density at radius 2 is 1.57 bits per heavy atom. The van der Waals surface area contributed by atoms with Crippen LogP contribution in [0.2, 0.25) is 0 Å². The molecule has 46 heavy (non-hydrogen) atoms. The Hall–Kier alpha value is -3.33. The molecule has 0 saturated carbocycles. The Labute approximate surface area is 270 Å². The minimum Gasteiger partial charge on any atom is -0.356 e. The van der Waals surface area contributed by atoms with Crippen molar-refractivity contribution in [3.8, 4) is 0 Å². The summed E-state index contributed by atoms with van der Waals surface area (Å²) in [5.74, 6) is -1.17. The van der Waals surface area contributed by atoms with E-state index in [1.54, 1.807) is 9.80 Å². The second-order valence-electron chi connectivity index (χ2n) is 11.5. The maximum absolute atomic E-state index is 13.9. The molecule has 1 atom stereocenters. The number of rotatable bonds is 12. The molecule has 2 aromatic rings. The number of halogens is 7. The van der Waals surface area contributed by atoms with Crippen LogP contribution in [0.1, 0.15) is 61.9 Å². The zero-order valence-corrected chi connectivity index (χ0v) is 26.1. The van der Waals surface area contributed by atoms with Gasteiger partial charge in [0.2, 0.25) is 17.6 Å². The zero-order chi connectivity index (χ0) is 32.6. The van der Waals surface area contributed by atoms with Crippen LogP contribution in [0.25, 0.3) is 0 Å². The van der Waals surface area contributed by atoms with Crippen molar-refractivity contribution in [1.82, 2.24) is 20.6 Å². The molecule has 0 spiro atoms. The average molecular weight is 680 g/mol. The molecule has 0 unspecified atom stereocenters. The fourth-order valence-corrected chi connectivity index (χ4v) is 5.78. The quantitative estimate of drug-likeness (QED) is 0.278. The van der Waals surface area contributed by atoms with Gasteiger partial charge in [-0.1, -0.05) is 12.1 Å². The number of alkyl halides is 6. The third-order valence-corrected chi connectivity index (χ3v) is 8.22. The number of amides is 2. The third-order valence-electron chi connectivity index (χ3n) is 8.22. The van der Waals surface area contributed by atoms with Crippen LogP contribution in [0, 0.1) is 5.92 Å². The van der Waals surface area contributed by atoms with E-state index in [-0.39, 0.29) is 42.4 Å². The molecule has 256 valence electrons. The van der Waals surface area contributed by atoms with Crippen LogP contribution in [0.4, 0.5) is 38.0 Å². The van der Waals surface area contributed by atoms with Crippen molar-refractivity contribution in [2.24, 2.45) is 11.7 Å². The van der Waals surface area contributed by atoms with E-state index in [1.165, 1.54) is 18.2 Å². The number of nitrogens with two attached hydrogens (primary N) is 1. The van der Waals surface area contributed by atoms with Crippen LogP contribution in [-0.4, -0.2) is 67.1 Å². The summed E-state index contributed by atoms with van der Waals surface area (Å²) in [4.78, 5) is 35.9. The van der Waals surface area contributed by atoms with E-state index in [0.29, 0.717) is 69.9 Å². The SMILES string of the molecule is Cl.NCCNC(=O)CCCC1CCN(c2cc(N3CCC[C@H]3C(=O)NCCc3ccc(C(F)(F)F)cc3)nc(C(F)(F)F)n2)CC1. The van der Waals surface area contributed by atoms with Crippen molar-refractivity contribution in [3.63, 3.8) is 0 Å². The lowest BCUT2D eigenvalue weighted by atomic mass is 9.91. The molecule has 0 radical (unpaired) electrons. The zero-order valence-electron chi connectivity index (χ0n) is 25.3. The number of nitrogens with zero attached hydrogens (tertiary/aromatic N) is 4. The van der Waals surface area contributed by atoms with Crippen molar-refractivity contribution in [2.45, 2.75) is 69.8 Å². The Kier molecular flexibility index (Phi) is 13.3. The topological polar surface area (TPSA) is 116 Å². The highest BCUT2D eigenvalue weighted by atomic mass is 35.5. The smallest absolute Gasteiger partial charge is 0.356 e. The first kappa shape index (κ1) is 37.1. The van der Waals surface area contributed by atoms with Gasteiger partial charge in [0.1, 0.15) is 17.7 Å². The van der Waals surface area contributed by atoms with E-state index in [4.69, 9.17) is 5.73 Å². The van der Waals surface area contributed by atoms with Crippen LogP contribution in [0.5, 0.6) is 0 Å². The molecule has 2 aliphatic rings. The van der Waals surface area contributed by atoms with Crippen molar-refractivity contribution in [1.29, 1.82) is 0 Å². The molecule has 9 nitrogen and oxygen atoms in total. The fourth-order valence-electron chi connectivity index (χ4n) is 5.78. The summed E-state index contributed by atoms with van der Waals surface area (Å²) in [7, 11) is 0. The minimum atomic E-state index is -4.79. The standard InChI is InChI=1S/C30H39F6N7O2.ClH/c31-29(32,33)22-8-6-21(7-9-22)10-14-39-27(45)23-4-2-16-43(23)25-19-24(40-28(41-25)30(34,35)36)42-17-11-20(12-18-42)3-1-5-26(44)38-15-13-37;/h6-9,19-20,23H,1-5,10-18,37H2,(H,38,44)(H,39,45);1H/t23-;/m0./s1.